The van der Waals surface area contributed by atoms with Crippen molar-refractivity contribution >= 4 is 0 Å². The Bertz CT molecular complexity index is 188. The summed E-state index contributed by atoms with van der Waals surface area (Å²) in [5, 5.41) is 0. The summed E-state index contributed by atoms with van der Waals surface area (Å²) in [6, 6.07) is 0. The molecule has 2 aliphatic carbocycles. The fraction of sp³-hybridized carbons (Fsp3) is 0.600. The smallest absolute Gasteiger partial charge is 0.00667 e. The quantitative estimate of drug-likeness (QED) is 0.484. The van der Waals surface area contributed by atoms with E-state index in [0.29, 0.717) is 5.41 Å². The Hall–Kier alpha value is -0.520. The number of hydrogen-bond donors (Lipinski definition) is 0. The van der Waals surface area contributed by atoms with Crippen LogP contribution < -0.4 is 0 Å². The van der Waals surface area contributed by atoms with E-state index >= 15 is 0 Å². The van der Waals surface area contributed by atoms with Crippen molar-refractivity contribution in [3.63, 3.8) is 0 Å². The van der Waals surface area contributed by atoms with Gasteiger partial charge in [0.15, 0.2) is 0 Å². The van der Waals surface area contributed by atoms with Gasteiger partial charge in [-0.1, -0.05) is 24.3 Å². The molecule has 1 fully saturated rings. The number of rotatable bonds is 1. The second kappa shape index (κ2) is 1.98. The minimum absolute atomic E-state index is 0.499. The third-order valence-corrected chi connectivity index (χ3v) is 2.82. The number of fused-ring (bicyclic) bond motifs is 2. The van der Waals surface area contributed by atoms with Gasteiger partial charge in [0.1, 0.15) is 0 Å². The van der Waals surface area contributed by atoms with Crippen LogP contribution in [-0.2, 0) is 0 Å². The molecule has 0 aromatic carbocycles. The molecule has 54 valence electrons. The van der Waals surface area contributed by atoms with E-state index in [-0.39, 0.29) is 0 Å². The predicted molar refractivity (Wildman–Crippen MR) is 43.7 cm³/mol. The first kappa shape index (κ1) is 6.21. The maximum atomic E-state index is 2.40. The Morgan fingerprint density at radius 1 is 1.60 bits per heavy atom. The molecule has 2 aliphatic rings. The van der Waals surface area contributed by atoms with E-state index in [1.54, 1.807) is 0 Å². The van der Waals surface area contributed by atoms with E-state index in [0.717, 1.165) is 5.92 Å². The molecule has 0 aromatic heterocycles. The standard InChI is InChI=1S/C10H14/c1-2-5-10-6-3-9(8-10)4-7-10/h2-3,5-6,9H,4,7-8H2,1H3/t9-,10-/m1/s1. The molecule has 1 saturated carbocycles. The van der Waals surface area contributed by atoms with Crippen LogP contribution in [-0.4, -0.2) is 0 Å². The van der Waals surface area contributed by atoms with Crippen molar-refractivity contribution < 1.29 is 0 Å². The zero-order valence-corrected chi connectivity index (χ0v) is 6.51. The van der Waals surface area contributed by atoms with Crippen LogP contribution in [0.25, 0.3) is 0 Å². The SMILES string of the molecule is CC=C[C@@]12C=C[C@H](CC1)C2. The van der Waals surface area contributed by atoms with Crippen LogP contribution in [0.4, 0.5) is 0 Å². The minimum Gasteiger partial charge on any atom is -0.0908 e. The summed E-state index contributed by atoms with van der Waals surface area (Å²) >= 11 is 0. The summed E-state index contributed by atoms with van der Waals surface area (Å²) in [6.07, 6.45) is 13.6. The van der Waals surface area contributed by atoms with Gasteiger partial charge in [0.2, 0.25) is 0 Å². The Kier molecular flexibility index (Phi) is 1.23. The summed E-state index contributed by atoms with van der Waals surface area (Å²) < 4.78 is 0. The summed E-state index contributed by atoms with van der Waals surface area (Å²) in [6.45, 7) is 2.12. The van der Waals surface area contributed by atoms with Crippen LogP contribution in [0.15, 0.2) is 24.3 Å². The lowest BCUT2D eigenvalue weighted by Gasteiger charge is -2.17. The lowest BCUT2D eigenvalue weighted by Crippen LogP contribution is -2.05. The van der Waals surface area contributed by atoms with Crippen molar-refractivity contribution in [1.29, 1.82) is 0 Å². The molecule has 10 heavy (non-hydrogen) atoms. The summed E-state index contributed by atoms with van der Waals surface area (Å²) in [4.78, 5) is 0. The second-order valence-corrected chi connectivity index (χ2v) is 3.60. The molecule has 2 bridgehead atoms. The first-order valence-electron chi connectivity index (χ1n) is 4.18. The molecule has 0 saturated heterocycles. The molecule has 0 heteroatoms. The lowest BCUT2D eigenvalue weighted by molar-refractivity contribution is 0.523. The third kappa shape index (κ3) is 0.749. The van der Waals surface area contributed by atoms with Crippen molar-refractivity contribution in [2.45, 2.75) is 26.2 Å². The van der Waals surface area contributed by atoms with Crippen molar-refractivity contribution in [1.82, 2.24) is 0 Å². The van der Waals surface area contributed by atoms with E-state index in [1.165, 1.54) is 19.3 Å². The van der Waals surface area contributed by atoms with E-state index in [1.807, 2.05) is 0 Å². The molecule has 2 atom stereocenters. The molecular weight excluding hydrogens is 120 g/mol. The van der Waals surface area contributed by atoms with Crippen molar-refractivity contribution in [3.05, 3.63) is 24.3 Å². The van der Waals surface area contributed by atoms with E-state index in [2.05, 4.69) is 31.2 Å². The van der Waals surface area contributed by atoms with Crippen molar-refractivity contribution in [2.75, 3.05) is 0 Å². The van der Waals surface area contributed by atoms with E-state index < -0.39 is 0 Å². The summed E-state index contributed by atoms with van der Waals surface area (Å²) in [5.74, 6) is 0.913. The summed E-state index contributed by atoms with van der Waals surface area (Å²) in [5.41, 5.74) is 0.499. The Morgan fingerprint density at radius 3 is 2.90 bits per heavy atom. The highest BCUT2D eigenvalue weighted by Gasteiger charge is 2.37. The van der Waals surface area contributed by atoms with Crippen molar-refractivity contribution in [2.24, 2.45) is 11.3 Å². The molecule has 0 aromatic rings. The maximum absolute atomic E-state index is 2.40. The Morgan fingerprint density at radius 2 is 2.50 bits per heavy atom. The fourth-order valence-electron chi connectivity index (χ4n) is 2.33. The largest absolute Gasteiger partial charge is 0.0908 e. The normalized spacial score (nSPS) is 43.9. The van der Waals surface area contributed by atoms with Crippen LogP contribution in [0.3, 0.4) is 0 Å². The molecular formula is C10H14. The number of hydrogen-bond acceptors (Lipinski definition) is 0. The van der Waals surface area contributed by atoms with Crippen LogP contribution in [0.1, 0.15) is 26.2 Å². The average Bonchev–Trinajstić information content (AvgIpc) is 2.46. The molecule has 0 aliphatic heterocycles. The minimum atomic E-state index is 0.499. The predicted octanol–water partition coefficient (Wildman–Crippen LogP) is 2.92. The lowest BCUT2D eigenvalue weighted by atomic mass is 9.88. The van der Waals surface area contributed by atoms with Gasteiger partial charge in [0, 0.05) is 5.41 Å². The zero-order valence-electron chi connectivity index (χ0n) is 6.51. The van der Waals surface area contributed by atoms with Gasteiger partial charge in [-0.2, -0.15) is 0 Å². The highest BCUT2D eigenvalue weighted by Crippen LogP contribution is 2.49. The first-order valence-corrected chi connectivity index (χ1v) is 4.18. The van der Waals surface area contributed by atoms with Crippen LogP contribution >= 0.6 is 0 Å². The maximum Gasteiger partial charge on any atom is 0.00667 e. The van der Waals surface area contributed by atoms with Gasteiger partial charge in [-0.25, -0.2) is 0 Å². The van der Waals surface area contributed by atoms with Gasteiger partial charge >= 0.3 is 0 Å². The average molecular weight is 134 g/mol. The second-order valence-electron chi connectivity index (χ2n) is 3.60. The Balaban J connectivity index is 2.24. The highest BCUT2D eigenvalue weighted by molar-refractivity contribution is 5.22. The van der Waals surface area contributed by atoms with Crippen LogP contribution in [0.5, 0.6) is 0 Å². The summed E-state index contributed by atoms with van der Waals surface area (Å²) in [7, 11) is 0. The van der Waals surface area contributed by atoms with Gasteiger partial charge in [-0.05, 0) is 32.1 Å². The van der Waals surface area contributed by atoms with Crippen molar-refractivity contribution in [3.8, 4) is 0 Å². The van der Waals surface area contributed by atoms with Gasteiger partial charge in [0.25, 0.3) is 0 Å². The van der Waals surface area contributed by atoms with Gasteiger partial charge in [-0.3, -0.25) is 0 Å². The molecule has 0 amide bonds. The highest BCUT2D eigenvalue weighted by atomic mass is 14.4. The number of allylic oxidation sites excluding steroid dienone is 4. The molecule has 0 nitrogen and oxygen atoms in total. The topological polar surface area (TPSA) is 0 Å². The monoisotopic (exact) mass is 134 g/mol. The molecule has 0 radical (unpaired) electrons. The molecule has 0 unspecified atom stereocenters. The van der Waals surface area contributed by atoms with Gasteiger partial charge in [-0.15, -0.1) is 0 Å². The zero-order chi connectivity index (χ0) is 7.03. The van der Waals surface area contributed by atoms with E-state index in [4.69, 9.17) is 0 Å². The van der Waals surface area contributed by atoms with Gasteiger partial charge < -0.3 is 0 Å². The van der Waals surface area contributed by atoms with E-state index in [9.17, 15) is 0 Å². The van der Waals surface area contributed by atoms with Crippen LogP contribution in [0.2, 0.25) is 0 Å². The fourth-order valence-corrected chi connectivity index (χ4v) is 2.33. The molecule has 0 spiro atoms. The first-order chi connectivity index (χ1) is 4.85. The third-order valence-electron chi connectivity index (χ3n) is 2.82. The van der Waals surface area contributed by atoms with Crippen LogP contribution in [0, 0.1) is 11.3 Å². The molecule has 2 rings (SSSR count). The molecule has 0 heterocycles. The molecule has 0 N–H and O–H groups in total. The Labute approximate surface area is 62.6 Å². The van der Waals surface area contributed by atoms with Gasteiger partial charge in [0.05, 0.1) is 0 Å².